The molecule has 0 radical (unpaired) electrons. The fraction of sp³-hybridized carbons (Fsp3) is 0.875. The summed E-state index contributed by atoms with van der Waals surface area (Å²) in [6.45, 7) is -5.23. The predicted molar refractivity (Wildman–Crippen MR) is 44.2 cm³/mol. The molecule has 0 heterocycles. The van der Waals surface area contributed by atoms with Gasteiger partial charge in [0.1, 0.15) is 0 Å². The summed E-state index contributed by atoms with van der Waals surface area (Å²) in [7, 11) is 0. The molecule has 1 unspecified atom stereocenters. The van der Waals surface area contributed by atoms with Gasteiger partial charge in [0.15, 0.2) is 13.2 Å². The minimum Gasteiger partial charge on any atom is -0.428 e. The minimum atomic E-state index is -6.13. The van der Waals surface area contributed by atoms with Crippen molar-refractivity contribution in [1.82, 2.24) is 0 Å². The molecule has 0 fully saturated rings. The maximum Gasteiger partial charge on any atom is 0.508 e. The van der Waals surface area contributed by atoms with E-state index in [4.69, 9.17) is 0 Å². The summed E-state index contributed by atoms with van der Waals surface area (Å²) >= 11 is 0. The molecule has 22 heavy (non-hydrogen) atoms. The van der Waals surface area contributed by atoms with Gasteiger partial charge in [0.05, 0.1) is 0 Å². The summed E-state index contributed by atoms with van der Waals surface area (Å²) in [5, 5.41) is 0. The number of alkyl halides is 11. The Kier molecular flexibility index (Phi) is 5.89. The first-order valence-corrected chi connectivity index (χ1v) is 4.83. The lowest BCUT2D eigenvalue weighted by atomic mass is 10.2. The molecule has 0 spiro atoms. The molecule has 0 saturated heterocycles. The molecule has 0 aromatic carbocycles. The average molecular weight is 358 g/mol. The summed E-state index contributed by atoms with van der Waals surface area (Å²) < 4.78 is 138. The van der Waals surface area contributed by atoms with E-state index in [1.54, 1.807) is 0 Å². The van der Waals surface area contributed by atoms with Crippen molar-refractivity contribution in [1.29, 1.82) is 0 Å². The van der Waals surface area contributed by atoms with Gasteiger partial charge in [-0.2, -0.15) is 43.9 Å². The van der Waals surface area contributed by atoms with Crippen molar-refractivity contribution >= 4 is 6.16 Å². The lowest BCUT2D eigenvalue weighted by Crippen LogP contribution is -2.45. The van der Waals surface area contributed by atoms with Gasteiger partial charge >= 0.3 is 30.4 Å². The Hall–Kier alpha value is -1.50. The van der Waals surface area contributed by atoms with E-state index in [-0.39, 0.29) is 0 Å². The van der Waals surface area contributed by atoms with E-state index < -0.39 is 49.7 Å². The van der Waals surface area contributed by atoms with Crippen molar-refractivity contribution in [2.75, 3.05) is 13.2 Å². The third-order valence-electron chi connectivity index (χ3n) is 1.83. The van der Waals surface area contributed by atoms with Crippen molar-refractivity contribution < 1.29 is 62.6 Å². The van der Waals surface area contributed by atoms with Gasteiger partial charge in [-0.1, -0.05) is 0 Å². The van der Waals surface area contributed by atoms with Crippen LogP contribution in [0.3, 0.4) is 0 Å². The Bertz CT molecular complexity index is 386. The van der Waals surface area contributed by atoms with Gasteiger partial charge in [-0.05, 0) is 0 Å². The lowest BCUT2D eigenvalue weighted by molar-refractivity contribution is -0.293. The van der Waals surface area contributed by atoms with Crippen LogP contribution in [0.4, 0.5) is 53.1 Å². The average Bonchev–Trinajstić information content (AvgIpc) is 2.30. The van der Waals surface area contributed by atoms with Gasteiger partial charge in [-0.15, -0.1) is 0 Å². The first-order chi connectivity index (χ1) is 9.51. The Morgan fingerprint density at radius 1 is 0.818 bits per heavy atom. The molecule has 0 bridgehead atoms. The number of carbonyl (C=O) groups is 1. The largest absolute Gasteiger partial charge is 0.508 e. The third kappa shape index (κ3) is 5.71. The van der Waals surface area contributed by atoms with E-state index in [1.807, 2.05) is 0 Å². The van der Waals surface area contributed by atoms with E-state index >= 15 is 0 Å². The zero-order valence-corrected chi connectivity index (χ0v) is 9.87. The van der Waals surface area contributed by atoms with Crippen molar-refractivity contribution in [2.24, 2.45) is 0 Å². The highest BCUT2D eigenvalue weighted by atomic mass is 19.4. The number of hydrogen-bond donors (Lipinski definition) is 0. The molecule has 0 aromatic rings. The SMILES string of the molecule is O=C(OCC(F)(F)C(F)C(F)(F)F)OCC(F)(F)C(F)(F)F. The van der Waals surface area contributed by atoms with Gasteiger partial charge in [-0.3, -0.25) is 0 Å². The van der Waals surface area contributed by atoms with E-state index in [1.165, 1.54) is 0 Å². The number of rotatable bonds is 5. The van der Waals surface area contributed by atoms with Crippen molar-refractivity contribution in [3.8, 4) is 0 Å². The molecule has 0 aliphatic rings. The highest BCUT2D eigenvalue weighted by Crippen LogP contribution is 2.36. The second kappa shape index (κ2) is 6.32. The molecular weight excluding hydrogens is 353 g/mol. The Morgan fingerprint density at radius 2 is 1.23 bits per heavy atom. The second-order valence-electron chi connectivity index (χ2n) is 3.69. The summed E-state index contributed by atoms with van der Waals surface area (Å²) in [4.78, 5) is 10.5. The first kappa shape index (κ1) is 20.5. The predicted octanol–water partition coefficient (Wildman–Crippen LogP) is 3.87. The third-order valence-corrected chi connectivity index (χ3v) is 1.83. The van der Waals surface area contributed by atoms with Crippen LogP contribution < -0.4 is 0 Å². The maximum atomic E-state index is 12.6. The smallest absolute Gasteiger partial charge is 0.428 e. The Labute approximate surface area is 114 Å². The van der Waals surface area contributed by atoms with Crippen LogP contribution in [-0.4, -0.2) is 49.7 Å². The lowest BCUT2D eigenvalue weighted by Gasteiger charge is -2.22. The number of carbonyl (C=O) groups excluding carboxylic acids is 1. The van der Waals surface area contributed by atoms with E-state index in [2.05, 4.69) is 9.47 Å². The van der Waals surface area contributed by atoms with Gasteiger partial charge < -0.3 is 9.47 Å². The molecular formula is C8H5F11O3. The van der Waals surface area contributed by atoms with Crippen LogP contribution in [0.15, 0.2) is 0 Å². The van der Waals surface area contributed by atoms with Gasteiger partial charge in [0, 0.05) is 0 Å². The van der Waals surface area contributed by atoms with E-state index in [0.717, 1.165) is 0 Å². The van der Waals surface area contributed by atoms with Crippen LogP contribution in [0.25, 0.3) is 0 Å². The maximum absolute atomic E-state index is 12.6. The van der Waals surface area contributed by atoms with Crippen LogP contribution in [0, 0.1) is 0 Å². The summed E-state index contributed by atoms with van der Waals surface area (Å²) in [5.74, 6) is -10.8. The molecule has 0 N–H and O–H groups in total. The zero-order valence-electron chi connectivity index (χ0n) is 9.87. The molecule has 0 rings (SSSR count). The van der Waals surface area contributed by atoms with Gasteiger partial charge in [0.2, 0.25) is 0 Å². The van der Waals surface area contributed by atoms with Gasteiger partial charge in [0.25, 0.3) is 6.17 Å². The second-order valence-corrected chi connectivity index (χ2v) is 3.69. The van der Waals surface area contributed by atoms with Crippen molar-refractivity contribution in [3.63, 3.8) is 0 Å². The summed E-state index contributed by atoms with van der Waals surface area (Å²) in [6, 6.07) is 0. The van der Waals surface area contributed by atoms with Crippen molar-refractivity contribution in [2.45, 2.75) is 30.4 Å². The number of hydrogen-bond acceptors (Lipinski definition) is 3. The molecule has 14 heteroatoms. The van der Waals surface area contributed by atoms with Crippen LogP contribution in [0.2, 0.25) is 0 Å². The molecule has 0 amide bonds. The fourth-order valence-electron chi connectivity index (χ4n) is 0.741. The molecule has 0 aliphatic heterocycles. The molecule has 0 aromatic heterocycles. The normalized spacial score (nSPS) is 15.4. The molecule has 0 aliphatic carbocycles. The zero-order chi connectivity index (χ0) is 18.0. The number of halogens is 11. The quantitative estimate of drug-likeness (QED) is 0.553. The molecule has 3 nitrogen and oxygen atoms in total. The highest BCUT2D eigenvalue weighted by molar-refractivity contribution is 5.59. The van der Waals surface area contributed by atoms with Crippen molar-refractivity contribution in [3.05, 3.63) is 0 Å². The highest BCUT2D eigenvalue weighted by Gasteiger charge is 2.59. The van der Waals surface area contributed by atoms with E-state index in [9.17, 15) is 53.1 Å². The van der Waals surface area contributed by atoms with E-state index in [0.29, 0.717) is 0 Å². The minimum absolute atomic E-state index is 2.56. The monoisotopic (exact) mass is 358 g/mol. The Morgan fingerprint density at radius 3 is 1.59 bits per heavy atom. The first-order valence-electron chi connectivity index (χ1n) is 4.83. The Balaban J connectivity index is 4.47. The molecule has 1 atom stereocenters. The number of ether oxygens (including phenoxy) is 2. The summed E-state index contributed by atoms with van der Waals surface area (Å²) in [5.41, 5.74) is 0. The fourth-order valence-corrected chi connectivity index (χ4v) is 0.741. The van der Waals surface area contributed by atoms with Gasteiger partial charge in [-0.25, -0.2) is 9.18 Å². The van der Waals surface area contributed by atoms with Crippen LogP contribution in [-0.2, 0) is 9.47 Å². The molecule has 132 valence electrons. The van der Waals surface area contributed by atoms with Crippen LogP contribution >= 0.6 is 0 Å². The standard InChI is InChI=1S/C8H5F11O3/c9-3(7(14,15)16)5(10,11)1-21-4(20)22-2-6(12,13)8(17,18)19/h3H,1-2H2. The summed E-state index contributed by atoms with van der Waals surface area (Å²) in [6.07, 6.45) is -19.4. The topological polar surface area (TPSA) is 35.5 Å². The van der Waals surface area contributed by atoms with Crippen LogP contribution in [0.5, 0.6) is 0 Å². The van der Waals surface area contributed by atoms with Crippen LogP contribution in [0.1, 0.15) is 0 Å². The molecule has 0 saturated carbocycles.